The van der Waals surface area contributed by atoms with Crippen molar-refractivity contribution in [3.05, 3.63) is 125 Å². The Morgan fingerprint density at radius 3 is 2.11 bits per heavy atom. The van der Waals surface area contributed by atoms with Gasteiger partial charge in [-0.2, -0.15) is 0 Å². The van der Waals surface area contributed by atoms with Crippen molar-refractivity contribution in [3.63, 3.8) is 0 Å². The molecule has 4 aromatic carbocycles. The minimum Gasteiger partial charge on any atom is -0.495 e. The molecule has 2 amide bonds. The van der Waals surface area contributed by atoms with Crippen LogP contribution in [0.1, 0.15) is 30.5 Å². The number of nitrogens with zero attached hydrogens (tertiary/aromatic N) is 2. The summed E-state index contributed by atoms with van der Waals surface area (Å²) in [5.41, 5.74) is 2.59. The van der Waals surface area contributed by atoms with Crippen LogP contribution in [0.4, 0.5) is 5.69 Å². The van der Waals surface area contributed by atoms with Crippen LogP contribution in [0.5, 0.6) is 5.75 Å². The number of sulfonamides is 1. The van der Waals surface area contributed by atoms with Gasteiger partial charge in [-0.3, -0.25) is 13.9 Å². The molecule has 1 unspecified atom stereocenters. The molecule has 0 radical (unpaired) electrons. The summed E-state index contributed by atoms with van der Waals surface area (Å²) >= 11 is 6.16. The molecule has 0 saturated heterocycles. The van der Waals surface area contributed by atoms with Crippen molar-refractivity contribution in [1.82, 2.24) is 10.2 Å². The molecule has 0 aliphatic heterocycles. The molecule has 0 spiro atoms. The zero-order valence-corrected chi connectivity index (χ0v) is 28.1. The quantitative estimate of drug-likeness (QED) is 0.172. The Balaban J connectivity index is 1.83. The van der Waals surface area contributed by atoms with Crippen molar-refractivity contribution in [3.8, 4) is 5.75 Å². The third-order valence-corrected chi connectivity index (χ3v) is 9.46. The van der Waals surface area contributed by atoms with Crippen molar-refractivity contribution >= 4 is 39.1 Å². The van der Waals surface area contributed by atoms with Gasteiger partial charge in [0.2, 0.25) is 11.8 Å². The van der Waals surface area contributed by atoms with Gasteiger partial charge >= 0.3 is 0 Å². The van der Waals surface area contributed by atoms with Crippen LogP contribution in [0.2, 0.25) is 5.02 Å². The van der Waals surface area contributed by atoms with Gasteiger partial charge in [0.1, 0.15) is 18.3 Å². The van der Waals surface area contributed by atoms with Crippen LogP contribution in [0.3, 0.4) is 0 Å². The standard InChI is InChI=1S/C36H40ClN3O5S/c1-26(2)23-38-36(42)33(22-28-11-7-5-8-12-28)39(24-29-16-18-30(37)19-17-29)35(41)25-40(32-21-27(3)15-20-34(32)45-4)46(43,44)31-13-9-6-10-14-31/h5-21,26,33H,22-25H2,1-4H3,(H,38,42). The van der Waals surface area contributed by atoms with Crippen LogP contribution in [0.25, 0.3) is 0 Å². The summed E-state index contributed by atoms with van der Waals surface area (Å²) in [7, 11) is -2.80. The lowest BCUT2D eigenvalue weighted by Crippen LogP contribution is -2.53. The maximum atomic E-state index is 14.6. The summed E-state index contributed by atoms with van der Waals surface area (Å²) in [5, 5.41) is 3.53. The highest BCUT2D eigenvalue weighted by Crippen LogP contribution is 2.34. The van der Waals surface area contributed by atoms with E-state index < -0.39 is 28.5 Å². The predicted molar refractivity (Wildman–Crippen MR) is 182 cm³/mol. The number of hydrogen-bond donors (Lipinski definition) is 1. The number of nitrogens with one attached hydrogen (secondary N) is 1. The molecule has 0 saturated carbocycles. The second-order valence-corrected chi connectivity index (χ2v) is 13.8. The molecule has 4 rings (SSSR count). The van der Waals surface area contributed by atoms with E-state index in [1.54, 1.807) is 60.7 Å². The van der Waals surface area contributed by atoms with Crippen molar-refractivity contribution in [1.29, 1.82) is 0 Å². The number of rotatable bonds is 14. The summed E-state index contributed by atoms with van der Waals surface area (Å²) in [6.45, 7) is 5.71. The highest BCUT2D eigenvalue weighted by atomic mass is 35.5. The molecule has 4 aromatic rings. The highest BCUT2D eigenvalue weighted by Gasteiger charge is 2.35. The first kappa shape index (κ1) is 34.5. The van der Waals surface area contributed by atoms with E-state index in [0.29, 0.717) is 11.6 Å². The van der Waals surface area contributed by atoms with Crippen LogP contribution in [-0.4, -0.2) is 51.4 Å². The lowest BCUT2D eigenvalue weighted by atomic mass is 10.0. The molecule has 10 heteroatoms. The van der Waals surface area contributed by atoms with Gasteiger partial charge in [-0.25, -0.2) is 8.42 Å². The summed E-state index contributed by atoms with van der Waals surface area (Å²) in [5.74, 6) is -0.413. The fourth-order valence-corrected chi connectivity index (χ4v) is 6.55. The lowest BCUT2D eigenvalue weighted by Gasteiger charge is -2.34. The van der Waals surface area contributed by atoms with Crippen LogP contribution in [0.15, 0.2) is 108 Å². The van der Waals surface area contributed by atoms with Crippen LogP contribution >= 0.6 is 11.6 Å². The number of carbonyl (C=O) groups excluding carboxylic acids is 2. The summed E-state index contributed by atoms with van der Waals surface area (Å²) < 4.78 is 35.1. The van der Waals surface area contributed by atoms with E-state index in [4.69, 9.17) is 16.3 Å². The number of amides is 2. The Morgan fingerprint density at radius 2 is 1.50 bits per heavy atom. The van der Waals surface area contributed by atoms with E-state index in [0.717, 1.165) is 21.0 Å². The molecular weight excluding hydrogens is 622 g/mol. The van der Waals surface area contributed by atoms with Gasteiger partial charge in [-0.05, 0) is 65.9 Å². The SMILES string of the molecule is COc1ccc(C)cc1N(CC(=O)N(Cc1ccc(Cl)cc1)C(Cc1ccccc1)C(=O)NCC(C)C)S(=O)(=O)c1ccccc1. The molecule has 0 bridgehead atoms. The first-order valence-electron chi connectivity index (χ1n) is 15.1. The monoisotopic (exact) mass is 661 g/mol. The molecule has 0 aliphatic carbocycles. The van der Waals surface area contributed by atoms with Gasteiger partial charge in [0.25, 0.3) is 10.0 Å². The maximum Gasteiger partial charge on any atom is 0.264 e. The normalized spacial score (nSPS) is 12.0. The molecule has 0 aliphatic rings. The Hall–Kier alpha value is -4.34. The second-order valence-electron chi connectivity index (χ2n) is 11.5. The van der Waals surface area contributed by atoms with E-state index in [9.17, 15) is 18.0 Å². The number of ether oxygens (including phenoxy) is 1. The van der Waals surface area contributed by atoms with Gasteiger partial charge < -0.3 is 15.0 Å². The maximum absolute atomic E-state index is 14.6. The van der Waals surface area contributed by atoms with Gasteiger partial charge in [0.15, 0.2) is 0 Å². The minimum atomic E-state index is -4.25. The van der Waals surface area contributed by atoms with Gasteiger partial charge in [0.05, 0.1) is 17.7 Å². The van der Waals surface area contributed by atoms with E-state index in [1.165, 1.54) is 24.1 Å². The minimum absolute atomic E-state index is 0.0196. The summed E-state index contributed by atoms with van der Waals surface area (Å²) in [4.78, 5) is 30.0. The fraction of sp³-hybridized carbons (Fsp3) is 0.278. The topological polar surface area (TPSA) is 96.0 Å². The van der Waals surface area contributed by atoms with Crippen LogP contribution in [-0.2, 0) is 32.6 Å². The average molecular weight is 662 g/mol. The number of benzene rings is 4. The first-order chi connectivity index (χ1) is 22.0. The van der Waals surface area contributed by atoms with Crippen molar-refractivity contribution in [2.45, 2.75) is 44.7 Å². The van der Waals surface area contributed by atoms with Gasteiger partial charge in [-0.1, -0.05) is 92.2 Å². The van der Waals surface area contributed by atoms with E-state index in [1.807, 2.05) is 51.1 Å². The molecule has 1 N–H and O–H groups in total. The second kappa shape index (κ2) is 15.8. The number of anilines is 1. The molecule has 46 heavy (non-hydrogen) atoms. The molecule has 0 fully saturated rings. The number of aryl methyl sites for hydroxylation is 1. The molecule has 1 atom stereocenters. The molecule has 0 heterocycles. The Morgan fingerprint density at radius 1 is 0.870 bits per heavy atom. The van der Waals surface area contributed by atoms with E-state index in [2.05, 4.69) is 5.32 Å². The number of hydrogen-bond acceptors (Lipinski definition) is 5. The van der Waals surface area contributed by atoms with Crippen molar-refractivity contribution in [2.24, 2.45) is 5.92 Å². The smallest absolute Gasteiger partial charge is 0.264 e. The van der Waals surface area contributed by atoms with Gasteiger partial charge in [-0.15, -0.1) is 0 Å². The zero-order valence-electron chi connectivity index (χ0n) is 26.5. The third kappa shape index (κ3) is 8.89. The Bertz CT molecular complexity index is 1720. The molecule has 0 aromatic heterocycles. The lowest BCUT2D eigenvalue weighted by molar-refractivity contribution is -0.140. The third-order valence-electron chi connectivity index (χ3n) is 7.43. The van der Waals surface area contributed by atoms with Crippen molar-refractivity contribution < 1.29 is 22.7 Å². The van der Waals surface area contributed by atoms with Crippen LogP contribution < -0.4 is 14.4 Å². The average Bonchev–Trinajstić information content (AvgIpc) is 3.05. The first-order valence-corrected chi connectivity index (χ1v) is 16.9. The molecular formula is C36H40ClN3O5S. The van der Waals surface area contributed by atoms with E-state index >= 15 is 0 Å². The predicted octanol–water partition coefficient (Wildman–Crippen LogP) is 6.26. The zero-order chi connectivity index (χ0) is 33.3. The van der Waals surface area contributed by atoms with Crippen LogP contribution in [0, 0.1) is 12.8 Å². The highest BCUT2D eigenvalue weighted by molar-refractivity contribution is 7.92. The number of halogens is 1. The Labute approximate surface area is 277 Å². The summed E-state index contributed by atoms with van der Waals surface area (Å²) in [6, 6.07) is 28.6. The van der Waals surface area contributed by atoms with Crippen molar-refractivity contribution in [2.75, 3.05) is 24.5 Å². The fourth-order valence-electron chi connectivity index (χ4n) is 4.99. The Kier molecular flexibility index (Phi) is 11.8. The number of methoxy groups -OCH3 is 1. The van der Waals surface area contributed by atoms with E-state index in [-0.39, 0.29) is 41.1 Å². The molecule has 8 nitrogen and oxygen atoms in total. The molecule has 242 valence electrons. The van der Waals surface area contributed by atoms with Gasteiger partial charge in [0, 0.05) is 24.5 Å². The number of carbonyl (C=O) groups is 2. The summed E-state index contributed by atoms with van der Waals surface area (Å²) in [6.07, 6.45) is 0.225. The largest absolute Gasteiger partial charge is 0.495 e.